The van der Waals surface area contributed by atoms with Gasteiger partial charge in [0.25, 0.3) is 0 Å². The second-order valence-corrected chi connectivity index (χ2v) is 6.01. The molecule has 24 heavy (non-hydrogen) atoms. The largest absolute Gasteiger partial charge is 0.408 e. The molecule has 0 atom stereocenters. The fraction of sp³-hybridized carbons (Fsp3) is 0.0625. The Balaban J connectivity index is 1.55. The van der Waals surface area contributed by atoms with Crippen LogP contribution in [-0.4, -0.2) is 20.4 Å². The predicted octanol–water partition coefficient (Wildman–Crippen LogP) is 4.59. The Labute approximate surface area is 146 Å². The lowest BCUT2D eigenvalue weighted by molar-refractivity contribution is 0.521. The molecule has 8 heteroatoms. The summed E-state index contributed by atoms with van der Waals surface area (Å²) in [6.07, 6.45) is 2.17. The summed E-state index contributed by atoms with van der Waals surface area (Å²) < 4.78 is 5.62. The average Bonchev–Trinajstić information content (AvgIpc) is 3.20. The van der Waals surface area contributed by atoms with E-state index < -0.39 is 0 Å². The Morgan fingerprint density at radius 3 is 2.92 bits per heavy atom. The lowest BCUT2D eigenvalue weighted by Gasteiger charge is -2.04. The van der Waals surface area contributed by atoms with E-state index in [1.165, 1.54) is 0 Å². The quantitative estimate of drug-likeness (QED) is 0.557. The van der Waals surface area contributed by atoms with E-state index in [-0.39, 0.29) is 6.01 Å². The van der Waals surface area contributed by atoms with Gasteiger partial charge in [0.05, 0.1) is 28.8 Å². The number of nitrogens with zero attached hydrogens (tertiary/aromatic N) is 3. The molecular formula is C16H11Cl2N5O. The number of benzene rings is 2. The number of aromatic amines is 1. The van der Waals surface area contributed by atoms with Crippen LogP contribution in [0.4, 0.5) is 11.7 Å². The third-order valence-electron chi connectivity index (χ3n) is 3.51. The molecule has 0 unspecified atom stereocenters. The van der Waals surface area contributed by atoms with Crippen molar-refractivity contribution in [1.82, 2.24) is 20.4 Å². The van der Waals surface area contributed by atoms with Crippen molar-refractivity contribution in [1.29, 1.82) is 0 Å². The van der Waals surface area contributed by atoms with Gasteiger partial charge >= 0.3 is 6.01 Å². The molecule has 2 aromatic carbocycles. The molecule has 0 saturated carbocycles. The van der Waals surface area contributed by atoms with Gasteiger partial charge in [0.15, 0.2) is 0 Å². The Morgan fingerprint density at radius 1 is 1.12 bits per heavy atom. The number of fused-ring (bicyclic) bond motifs is 1. The minimum absolute atomic E-state index is 0.275. The number of hydrogen-bond acceptors (Lipinski definition) is 5. The summed E-state index contributed by atoms with van der Waals surface area (Å²) in [7, 11) is 0. The molecule has 4 aromatic rings. The second-order valence-electron chi connectivity index (χ2n) is 5.19. The van der Waals surface area contributed by atoms with Crippen LogP contribution in [0.3, 0.4) is 0 Å². The van der Waals surface area contributed by atoms with Gasteiger partial charge < -0.3 is 9.73 Å². The highest BCUT2D eigenvalue weighted by molar-refractivity contribution is 6.38. The standard InChI is InChI=1S/C16H11Cl2N5O/c17-10-3-1-2-9(6-10)7-14-22-23-16(24-14)20-13-5-4-12-11(15(13)18)8-19-21-12/h1-6,8H,7H2,(H,19,21)(H,20,23). The first-order valence-electron chi connectivity index (χ1n) is 7.14. The zero-order valence-electron chi connectivity index (χ0n) is 12.3. The molecule has 2 heterocycles. The van der Waals surface area contributed by atoms with Crippen LogP contribution in [0.15, 0.2) is 47.0 Å². The molecule has 0 saturated heterocycles. The molecule has 0 radical (unpaired) electrons. The SMILES string of the molecule is Clc1cccc(Cc2nnc(Nc3ccc4[nH]ncc4c3Cl)o2)c1. The normalized spacial score (nSPS) is 11.1. The summed E-state index contributed by atoms with van der Waals surface area (Å²) >= 11 is 12.3. The van der Waals surface area contributed by atoms with E-state index in [0.717, 1.165) is 16.5 Å². The number of hydrogen-bond donors (Lipinski definition) is 2. The fourth-order valence-corrected chi connectivity index (χ4v) is 2.87. The van der Waals surface area contributed by atoms with Crippen molar-refractivity contribution in [3.8, 4) is 0 Å². The molecule has 6 nitrogen and oxygen atoms in total. The van der Waals surface area contributed by atoms with Crippen LogP contribution in [0.1, 0.15) is 11.5 Å². The number of H-pyrrole nitrogens is 1. The van der Waals surface area contributed by atoms with Gasteiger partial charge in [-0.05, 0) is 29.8 Å². The summed E-state index contributed by atoms with van der Waals surface area (Å²) in [4.78, 5) is 0. The van der Waals surface area contributed by atoms with Gasteiger partial charge in [-0.2, -0.15) is 5.10 Å². The van der Waals surface area contributed by atoms with E-state index in [0.29, 0.717) is 28.0 Å². The zero-order chi connectivity index (χ0) is 16.5. The topological polar surface area (TPSA) is 79.6 Å². The van der Waals surface area contributed by atoms with Gasteiger partial charge in [-0.25, -0.2) is 0 Å². The third-order valence-corrected chi connectivity index (χ3v) is 4.15. The van der Waals surface area contributed by atoms with E-state index in [9.17, 15) is 0 Å². The van der Waals surface area contributed by atoms with Gasteiger partial charge in [0, 0.05) is 10.4 Å². The molecule has 0 aliphatic rings. The molecule has 2 aromatic heterocycles. The van der Waals surface area contributed by atoms with Crippen molar-refractivity contribution >= 4 is 45.8 Å². The molecule has 4 rings (SSSR count). The predicted molar refractivity (Wildman–Crippen MR) is 92.9 cm³/mol. The molecule has 0 fully saturated rings. The fourth-order valence-electron chi connectivity index (χ4n) is 2.39. The summed E-state index contributed by atoms with van der Waals surface area (Å²) in [5, 5.41) is 19.9. The molecule has 0 aliphatic heterocycles. The summed E-state index contributed by atoms with van der Waals surface area (Å²) in [5.41, 5.74) is 2.52. The summed E-state index contributed by atoms with van der Waals surface area (Å²) in [6.45, 7) is 0. The van der Waals surface area contributed by atoms with E-state index in [4.69, 9.17) is 27.6 Å². The lowest BCUT2D eigenvalue weighted by Crippen LogP contribution is -1.91. The van der Waals surface area contributed by atoms with E-state index in [1.54, 1.807) is 6.20 Å². The molecule has 120 valence electrons. The smallest absolute Gasteiger partial charge is 0.320 e. The maximum Gasteiger partial charge on any atom is 0.320 e. The van der Waals surface area contributed by atoms with E-state index in [2.05, 4.69) is 25.7 Å². The first-order valence-corrected chi connectivity index (χ1v) is 7.90. The van der Waals surface area contributed by atoms with Crippen molar-refractivity contribution in [2.24, 2.45) is 0 Å². The zero-order valence-corrected chi connectivity index (χ0v) is 13.8. The van der Waals surface area contributed by atoms with Crippen molar-refractivity contribution in [3.05, 3.63) is 64.1 Å². The van der Waals surface area contributed by atoms with Crippen LogP contribution >= 0.6 is 23.2 Å². The van der Waals surface area contributed by atoms with Crippen LogP contribution in [-0.2, 0) is 6.42 Å². The maximum atomic E-state index is 6.36. The highest BCUT2D eigenvalue weighted by Crippen LogP contribution is 2.31. The van der Waals surface area contributed by atoms with Crippen molar-refractivity contribution < 1.29 is 4.42 Å². The van der Waals surface area contributed by atoms with Gasteiger partial charge in [0.2, 0.25) is 5.89 Å². The second kappa shape index (κ2) is 6.14. The minimum Gasteiger partial charge on any atom is -0.408 e. The summed E-state index contributed by atoms with van der Waals surface area (Å²) in [6, 6.07) is 11.5. The minimum atomic E-state index is 0.275. The lowest BCUT2D eigenvalue weighted by atomic mass is 10.1. The van der Waals surface area contributed by atoms with Crippen LogP contribution in [0.5, 0.6) is 0 Å². The van der Waals surface area contributed by atoms with Crippen LogP contribution < -0.4 is 5.32 Å². The monoisotopic (exact) mass is 359 g/mol. The number of aromatic nitrogens is 4. The molecule has 0 amide bonds. The number of rotatable bonds is 4. The number of nitrogens with one attached hydrogen (secondary N) is 2. The molecule has 0 spiro atoms. The van der Waals surface area contributed by atoms with E-state index >= 15 is 0 Å². The first-order chi connectivity index (χ1) is 11.7. The van der Waals surface area contributed by atoms with Gasteiger partial charge in [0.1, 0.15) is 0 Å². The van der Waals surface area contributed by atoms with Crippen LogP contribution in [0.2, 0.25) is 10.0 Å². The first kappa shape index (κ1) is 15.0. The van der Waals surface area contributed by atoms with Crippen LogP contribution in [0, 0.1) is 0 Å². The van der Waals surface area contributed by atoms with Crippen molar-refractivity contribution in [2.75, 3.05) is 5.32 Å². The van der Waals surface area contributed by atoms with Crippen molar-refractivity contribution in [2.45, 2.75) is 6.42 Å². The number of halogens is 2. The molecular weight excluding hydrogens is 349 g/mol. The highest BCUT2D eigenvalue weighted by Gasteiger charge is 2.11. The maximum absolute atomic E-state index is 6.36. The number of anilines is 2. The van der Waals surface area contributed by atoms with Gasteiger partial charge in [-0.15, -0.1) is 5.10 Å². The Bertz CT molecular complexity index is 1010. The molecule has 0 aliphatic carbocycles. The van der Waals surface area contributed by atoms with Crippen molar-refractivity contribution in [3.63, 3.8) is 0 Å². The van der Waals surface area contributed by atoms with E-state index in [1.807, 2.05) is 36.4 Å². The summed E-state index contributed by atoms with van der Waals surface area (Å²) in [5.74, 6) is 0.486. The third kappa shape index (κ3) is 2.93. The highest BCUT2D eigenvalue weighted by atomic mass is 35.5. The Kier molecular flexibility index (Phi) is 3.84. The Hall–Kier alpha value is -2.57. The van der Waals surface area contributed by atoms with Gasteiger partial charge in [-0.1, -0.05) is 40.4 Å². The Morgan fingerprint density at radius 2 is 2.04 bits per heavy atom. The molecule has 2 N–H and O–H groups in total. The average molecular weight is 360 g/mol. The van der Waals surface area contributed by atoms with Gasteiger partial charge in [-0.3, -0.25) is 5.10 Å². The van der Waals surface area contributed by atoms with Crippen LogP contribution in [0.25, 0.3) is 10.9 Å². The molecule has 0 bridgehead atoms.